The number of rotatable bonds is 5. The topological polar surface area (TPSA) is 29.1 Å². The van der Waals surface area contributed by atoms with Crippen molar-refractivity contribution in [2.75, 3.05) is 11.2 Å². The maximum atomic E-state index is 11.5. The number of carbonyl (C=O) groups is 1. The monoisotopic (exact) mass is 279 g/mol. The van der Waals surface area contributed by atoms with E-state index >= 15 is 0 Å². The molecule has 2 nitrogen and oxygen atoms in total. The highest BCUT2D eigenvalue weighted by Crippen LogP contribution is 2.25. The van der Waals surface area contributed by atoms with Gasteiger partial charge in [-0.25, -0.2) is 0 Å². The fourth-order valence-electron chi connectivity index (χ4n) is 1.18. The minimum absolute atomic E-state index is 0.0384. The zero-order valence-electron chi connectivity index (χ0n) is 8.60. The van der Waals surface area contributed by atoms with Gasteiger partial charge in [-0.15, -0.1) is 11.6 Å². The Labute approximate surface area is 110 Å². The predicted molar refractivity (Wildman–Crippen MR) is 69.7 cm³/mol. The molecule has 0 aliphatic carbocycles. The molecule has 1 aromatic carbocycles. The van der Waals surface area contributed by atoms with Gasteiger partial charge in [-0.3, -0.25) is 4.79 Å². The number of anilines is 1. The van der Waals surface area contributed by atoms with E-state index in [0.29, 0.717) is 28.0 Å². The van der Waals surface area contributed by atoms with Gasteiger partial charge >= 0.3 is 0 Å². The zero-order chi connectivity index (χ0) is 12.0. The van der Waals surface area contributed by atoms with Crippen molar-refractivity contribution in [2.45, 2.75) is 19.3 Å². The SMILES string of the molecule is O=C(CCCCCl)Nc1ccc(Cl)c(Cl)c1. The second-order valence-electron chi connectivity index (χ2n) is 3.32. The van der Waals surface area contributed by atoms with Crippen molar-refractivity contribution in [2.24, 2.45) is 0 Å². The predicted octanol–water partition coefficient (Wildman–Crippen LogP) is 4.34. The van der Waals surface area contributed by atoms with Crippen molar-refractivity contribution < 1.29 is 4.79 Å². The Morgan fingerprint density at radius 2 is 1.94 bits per heavy atom. The Balaban J connectivity index is 2.46. The molecule has 0 heterocycles. The number of unbranched alkanes of at least 4 members (excludes halogenated alkanes) is 1. The highest BCUT2D eigenvalue weighted by molar-refractivity contribution is 6.42. The normalized spacial score (nSPS) is 10.2. The Bertz CT molecular complexity index is 368. The Hall–Kier alpha value is -0.440. The van der Waals surface area contributed by atoms with Gasteiger partial charge in [0, 0.05) is 18.0 Å². The standard InChI is InChI=1S/C11H12Cl3NO/c12-6-2-1-3-11(16)15-8-4-5-9(13)10(14)7-8/h4-5,7H,1-3,6H2,(H,15,16). The summed E-state index contributed by atoms with van der Waals surface area (Å²) in [6, 6.07) is 5.00. The van der Waals surface area contributed by atoms with Crippen molar-refractivity contribution in [3.63, 3.8) is 0 Å². The summed E-state index contributed by atoms with van der Waals surface area (Å²) in [5.41, 5.74) is 0.658. The molecule has 0 fully saturated rings. The van der Waals surface area contributed by atoms with Crippen LogP contribution in [0.1, 0.15) is 19.3 Å². The molecule has 0 unspecified atom stereocenters. The molecule has 88 valence electrons. The smallest absolute Gasteiger partial charge is 0.224 e. The minimum Gasteiger partial charge on any atom is -0.326 e. The molecule has 0 saturated heterocycles. The van der Waals surface area contributed by atoms with E-state index in [9.17, 15) is 4.79 Å². The van der Waals surface area contributed by atoms with Crippen LogP contribution in [0, 0.1) is 0 Å². The lowest BCUT2D eigenvalue weighted by atomic mass is 10.2. The third-order valence-electron chi connectivity index (χ3n) is 1.99. The van der Waals surface area contributed by atoms with Crippen molar-refractivity contribution in [3.05, 3.63) is 28.2 Å². The van der Waals surface area contributed by atoms with Crippen LogP contribution in [0.2, 0.25) is 10.0 Å². The molecular formula is C11H12Cl3NO. The molecule has 1 N–H and O–H groups in total. The van der Waals surface area contributed by atoms with E-state index in [1.54, 1.807) is 18.2 Å². The third kappa shape index (κ3) is 4.60. The van der Waals surface area contributed by atoms with Crippen LogP contribution in [0.5, 0.6) is 0 Å². The summed E-state index contributed by atoms with van der Waals surface area (Å²) in [4.78, 5) is 11.5. The van der Waals surface area contributed by atoms with Crippen LogP contribution in [0.3, 0.4) is 0 Å². The summed E-state index contributed by atoms with van der Waals surface area (Å²) < 4.78 is 0. The summed E-state index contributed by atoms with van der Waals surface area (Å²) in [5, 5.41) is 3.65. The first kappa shape index (κ1) is 13.6. The molecule has 1 rings (SSSR count). The van der Waals surface area contributed by atoms with E-state index in [2.05, 4.69) is 5.32 Å². The molecule has 5 heteroatoms. The molecule has 0 spiro atoms. The van der Waals surface area contributed by atoms with Crippen molar-refractivity contribution >= 4 is 46.4 Å². The lowest BCUT2D eigenvalue weighted by Crippen LogP contribution is -2.11. The number of hydrogen-bond acceptors (Lipinski definition) is 1. The van der Waals surface area contributed by atoms with Crippen LogP contribution < -0.4 is 5.32 Å². The zero-order valence-corrected chi connectivity index (χ0v) is 10.9. The largest absolute Gasteiger partial charge is 0.326 e. The second kappa shape index (κ2) is 7.00. The molecule has 0 bridgehead atoms. The van der Waals surface area contributed by atoms with Gasteiger partial charge in [-0.1, -0.05) is 23.2 Å². The van der Waals surface area contributed by atoms with Gasteiger partial charge in [-0.2, -0.15) is 0 Å². The first-order chi connectivity index (χ1) is 7.63. The van der Waals surface area contributed by atoms with Gasteiger partial charge in [0.05, 0.1) is 10.0 Å². The van der Waals surface area contributed by atoms with Crippen LogP contribution in [-0.2, 0) is 4.79 Å². The fourth-order valence-corrected chi connectivity index (χ4v) is 1.66. The van der Waals surface area contributed by atoms with E-state index in [0.717, 1.165) is 12.8 Å². The van der Waals surface area contributed by atoms with Gasteiger partial charge in [0.2, 0.25) is 5.91 Å². The highest BCUT2D eigenvalue weighted by atomic mass is 35.5. The summed E-state index contributed by atoms with van der Waals surface area (Å²) in [5.74, 6) is 0.545. The molecular weight excluding hydrogens is 268 g/mol. The molecule has 0 aromatic heterocycles. The van der Waals surface area contributed by atoms with Gasteiger partial charge in [0.25, 0.3) is 0 Å². The Morgan fingerprint density at radius 3 is 2.56 bits per heavy atom. The molecule has 0 atom stereocenters. The molecule has 0 aliphatic rings. The van der Waals surface area contributed by atoms with Crippen LogP contribution in [0.15, 0.2) is 18.2 Å². The summed E-state index contributed by atoms with van der Waals surface area (Å²) in [7, 11) is 0. The fraction of sp³-hybridized carbons (Fsp3) is 0.364. The van der Waals surface area contributed by atoms with E-state index in [1.165, 1.54) is 0 Å². The molecule has 16 heavy (non-hydrogen) atoms. The molecule has 0 saturated carbocycles. The van der Waals surface area contributed by atoms with Crippen LogP contribution >= 0.6 is 34.8 Å². The quantitative estimate of drug-likeness (QED) is 0.631. The van der Waals surface area contributed by atoms with E-state index < -0.39 is 0 Å². The van der Waals surface area contributed by atoms with Gasteiger partial charge in [-0.05, 0) is 31.0 Å². The van der Waals surface area contributed by atoms with Crippen molar-refractivity contribution in [1.82, 2.24) is 0 Å². The highest BCUT2D eigenvalue weighted by Gasteiger charge is 2.04. The summed E-state index contributed by atoms with van der Waals surface area (Å²) in [6.45, 7) is 0. The van der Waals surface area contributed by atoms with Crippen LogP contribution in [0.25, 0.3) is 0 Å². The minimum atomic E-state index is -0.0384. The summed E-state index contributed by atoms with van der Waals surface area (Å²) in [6.07, 6.45) is 2.10. The number of alkyl halides is 1. The molecule has 1 aromatic rings. The first-order valence-corrected chi connectivity index (χ1v) is 6.23. The van der Waals surface area contributed by atoms with Gasteiger partial charge in [0.15, 0.2) is 0 Å². The molecule has 1 amide bonds. The number of carbonyl (C=O) groups excluding carboxylic acids is 1. The number of amides is 1. The van der Waals surface area contributed by atoms with E-state index in [4.69, 9.17) is 34.8 Å². The van der Waals surface area contributed by atoms with Gasteiger partial charge < -0.3 is 5.32 Å². The Morgan fingerprint density at radius 1 is 1.19 bits per heavy atom. The van der Waals surface area contributed by atoms with E-state index in [-0.39, 0.29) is 5.91 Å². The third-order valence-corrected chi connectivity index (χ3v) is 3.00. The molecule has 0 radical (unpaired) electrons. The van der Waals surface area contributed by atoms with Crippen molar-refractivity contribution in [3.8, 4) is 0 Å². The van der Waals surface area contributed by atoms with Crippen LogP contribution in [-0.4, -0.2) is 11.8 Å². The number of halogens is 3. The average Bonchev–Trinajstić information content (AvgIpc) is 2.24. The van der Waals surface area contributed by atoms with Crippen molar-refractivity contribution in [1.29, 1.82) is 0 Å². The average molecular weight is 281 g/mol. The van der Waals surface area contributed by atoms with Gasteiger partial charge in [0.1, 0.15) is 0 Å². The Kier molecular flexibility index (Phi) is 5.96. The maximum absolute atomic E-state index is 11.5. The lowest BCUT2D eigenvalue weighted by molar-refractivity contribution is -0.116. The number of hydrogen-bond donors (Lipinski definition) is 1. The lowest BCUT2D eigenvalue weighted by Gasteiger charge is -2.05. The second-order valence-corrected chi connectivity index (χ2v) is 4.52. The number of nitrogens with one attached hydrogen (secondary N) is 1. The summed E-state index contributed by atoms with van der Waals surface area (Å²) >= 11 is 17.1. The first-order valence-electron chi connectivity index (χ1n) is 4.94. The number of benzene rings is 1. The van der Waals surface area contributed by atoms with E-state index in [1.807, 2.05) is 0 Å². The molecule has 0 aliphatic heterocycles. The van der Waals surface area contributed by atoms with Crippen LogP contribution in [0.4, 0.5) is 5.69 Å². The maximum Gasteiger partial charge on any atom is 0.224 e.